The Morgan fingerprint density at radius 3 is 2.43 bits per heavy atom. The number of nitrogens with one attached hydrogen (secondary N) is 1. The number of halogens is 1. The fraction of sp³-hybridized carbons (Fsp3) is 0.440. The van der Waals surface area contributed by atoms with Gasteiger partial charge in [-0.1, -0.05) is 68.3 Å². The lowest BCUT2D eigenvalue weighted by Crippen LogP contribution is -2.49. The Hall–Kier alpha value is -2.33. The predicted molar refractivity (Wildman–Crippen MR) is 124 cm³/mol. The summed E-state index contributed by atoms with van der Waals surface area (Å²) in [5.41, 5.74) is 4.14. The summed E-state index contributed by atoms with van der Waals surface area (Å²) in [6, 6.07) is 13.0. The van der Waals surface area contributed by atoms with Crippen LogP contribution in [0.3, 0.4) is 0 Å². The highest BCUT2D eigenvalue weighted by atomic mass is 35.5. The Morgan fingerprint density at radius 2 is 1.80 bits per heavy atom. The third-order valence-corrected chi connectivity index (χ3v) is 5.81. The van der Waals surface area contributed by atoms with Crippen molar-refractivity contribution < 1.29 is 9.59 Å². The Morgan fingerprint density at radius 1 is 1.07 bits per heavy atom. The van der Waals surface area contributed by atoms with E-state index in [1.54, 1.807) is 4.90 Å². The molecule has 2 amide bonds. The zero-order valence-corrected chi connectivity index (χ0v) is 19.3. The number of carbonyl (C=O) groups is 2. The third kappa shape index (κ3) is 6.60. The number of rotatable bonds is 10. The maximum Gasteiger partial charge on any atom is 0.242 e. The molecule has 0 spiro atoms. The van der Waals surface area contributed by atoms with Crippen LogP contribution in [-0.4, -0.2) is 29.3 Å². The van der Waals surface area contributed by atoms with Crippen molar-refractivity contribution in [1.29, 1.82) is 0 Å². The number of hydrogen-bond donors (Lipinski definition) is 1. The van der Waals surface area contributed by atoms with Gasteiger partial charge in [-0.3, -0.25) is 9.59 Å². The monoisotopic (exact) mass is 428 g/mol. The maximum absolute atomic E-state index is 13.4. The summed E-state index contributed by atoms with van der Waals surface area (Å²) in [7, 11) is 0. The molecule has 2 rings (SSSR count). The van der Waals surface area contributed by atoms with E-state index in [0.29, 0.717) is 24.5 Å². The van der Waals surface area contributed by atoms with Crippen LogP contribution in [0, 0.1) is 13.8 Å². The molecule has 0 aromatic heterocycles. The molecule has 1 atom stereocenters. The smallest absolute Gasteiger partial charge is 0.242 e. The number of unbranched alkanes of at least 4 members (excludes halogenated alkanes) is 1. The fourth-order valence-corrected chi connectivity index (χ4v) is 3.62. The molecule has 0 saturated heterocycles. The molecular weight excluding hydrogens is 396 g/mol. The Labute approximate surface area is 185 Å². The van der Waals surface area contributed by atoms with Gasteiger partial charge in [0, 0.05) is 18.1 Å². The molecule has 2 aromatic carbocycles. The number of nitrogens with zero attached hydrogens (tertiary/aromatic N) is 1. The lowest BCUT2D eigenvalue weighted by molar-refractivity contribution is -0.140. The van der Waals surface area contributed by atoms with E-state index in [-0.39, 0.29) is 18.2 Å². The zero-order chi connectivity index (χ0) is 22.1. The van der Waals surface area contributed by atoms with Crippen molar-refractivity contribution in [2.24, 2.45) is 0 Å². The van der Waals surface area contributed by atoms with Gasteiger partial charge in [0.05, 0.1) is 6.42 Å². The average Bonchev–Trinajstić information content (AvgIpc) is 2.72. The largest absolute Gasteiger partial charge is 0.354 e. The molecule has 0 fully saturated rings. The van der Waals surface area contributed by atoms with Gasteiger partial charge in [0.15, 0.2) is 0 Å². The van der Waals surface area contributed by atoms with Crippen LogP contribution in [0.5, 0.6) is 0 Å². The van der Waals surface area contributed by atoms with Crippen molar-refractivity contribution in [3.05, 3.63) is 69.7 Å². The average molecular weight is 429 g/mol. The SMILES string of the molecule is CCCCNC(=O)C(CC)N(Cc1ccccc1Cl)C(=O)Cc1ccc(C)c(C)c1. The summed E-state index contributed by atoms with van der Waals surface area (Å²) < 4.78 is 0. The number of aryl methyl sites for hydroxylation is 2. The van der Waals surface area contributed by atoms with Gasteiger partial charge in [-0.15, -0.1) is 0 Å². The van der Waals surface area contributed by atoms with Crippen LogP contribution < -0.4 is 5.32 Å². The molecule has 0 aliphatic rings. The number of benzene rings is 2. The summed E-state index contributed by atoms with van der Waals surface area (Å²) in [5, 5.41) is 3.58. The summed E-state index contributed by atoms with van der Waals surface area (Å²) in [4.78, 5) is 27.9. The Balaban J connectivity index is 2.28. The first-order valence-electron chi connectivity index (χ1n) is 10.7. The van der Waals surface area contributed by atoms with E-state index >= 15 is 0 Å². The maximum atomic E-state index is 13.4. The molecule has 4 nitrogen and oxygen atoms in total. The van der Waals surface area contributed by atoms with Gasteiger partial charge in [0.25, 0.3) is 0 Å². The molecule has 0 aliphatic carbocycles. The molecule has 0 aliphatic heterocycles. The second-order valence-corrected chi connectivity index (χ2v) is 8.18. The molecule has 0 bridgehead atoms. The molecule has 1 unspecified atom stereocenters. The molecule has 0 radical (unpaired) electrons. The quantitative estimate of drug-likeness (QED) is 0.527. The van der Waals surface area contributed by atoms with E-state index < -0.39 is 6.04 Å². The fourth-order valence-electron chi connectivity index (χ4n) is 3.43. The summed E-state index contributed by atoms with van der Waals surface area (Å²) >= 11 is 6.36. The van der Waals surface area contributed by atoms with Gasteiger partial charge in [0.1, 0.15) is 6.04 Å². The van der Waals surface area contributed by atoms with E-state index in [4.69, 9.17) is 11.6 Å². The van der Waals surface area contributed by atoms with E-state index in [2.05, 4.69) is 19.2 Å². The van der Waals surface area contributed by atoms with Gasteiger partial charge in [-0.2, -0.15) is 0 Å². The van der Waals surface area contributed by atoms with E-state index in [1.165, 1.54) is 5.56 Å². The van der Waals surface area contributed by atoms with Crippen LogP contribution in [0.4, 0.5) is 0 Å². The van der Waals surface area contributed by atoms with Crippen LogP contribution in [0.1, 0.15) is 55.4 Å². The molecule has 162 valence electrons. The minimum atomic E-state index is -0.530. The molecular formula is C25H33ClN2O2. The van der Waals surface area contributed by atoms with Crippen molar-refractivity contribution in [2.75, 3.05) is 6.54 Å². The number of amides is 2. The van der Waals surface area contributed by atoms with Crippen molar-refractivity contribution >= 4 is 23.4 Å². The molecule has 0 saturated carbocycles. The summed E-state index contributed by atoms with van der Waals surface area (Å²) in [5.74, 6) is -0.179. The predicted octanol–water partition coefficient (Wildman–Crippen LogP) is 5.22. The van der Waals surface area contributed by atoms with Gasteiger partial charge in [-0.05, 0) is 55.0 Å². The van der Waals surface area contributed by atoms with Crippen LogP contribution in [0.25, 0.3) is 0 Å². The van der Waals surface area contributed by atoms with Gasteiger partial charge in [0.2, 0.25) is 11.8 Å². The highest BCUT2D eigenvalue weighted by Crippen LogP contribution is 2.21. The summed E-state index contributed by atoms with van der Waals surface area (Å²) in [6.07, 6.45) is 2.72. The van der Waals surface area contributed by atoms with Gasteiger partial charge >= 0.3 is 0 Å². The van der Waals surface area contributed by atoms with Crippen LogP contribution in [0.15, 0.2) is 42.5 Å². The highest BCUT2D eigenvalue weighted by Gasteiger charge is 2.29. The molecule has 0 heterocycles. The van der Waals surface area contributed by atoms with Crippen molar-refractivity contribution in [3.8, 4) is 0 Å². The second-order valence-electron chi connectivity index (χ2n) is 7.78. The standard InChI is InChI=1S/C25H33ClN2O2/c1-5-7-14-27-25(30)23(6-2)28(17-21-10-8-9-11-22(21)26)24(29)16-20-13-12-18(3)19(4)15-20/h8-13,15,23H,5-7,14,16-17H2,1-4H3,(H,27,30). The normalized spacial score (nSPS) is 11.8. The highest BCUT2D eigenvalue weighted by molar-refractivity contribution is 6.31. The lowest BCUT2D eigenvalue weighted by Gasteiger charge is -2.31. The summed E-state index contributed by atoms with van der Waals surface area (Å²) in [6.45, 7) is 9.05. The minimum absolute atomic E-state index is 0.0735. The van der Waals surface area contributed by atoms with Crippen molar-refractivity contribution in [1.82, 2.24) is 10.2 Å². The lowest BCUT2D eigenvalue weighted by atomic mass is 10.0. The number of carbonyl (C=O) groups excluding carboxylic acids is 2. The van der Waals surface area contributed by atoms with Crippen molar-refractivity contribution in [3.63, 3.8) is 0 Å². The molecule has 2 aromatic rings. The Bertz CT molecular complexity index is 866. The first-order chi connectivity index (χ1) is 14.4. The van der Waals surface area contributed by atoms with E-state index in [0.717, 1.165) is 29.5 Å². The number of hydrogen-bond acceptors (Lipinski definition) is 2. The zero-order valence-electron chi connectivity index (χ0n) is 18.5. The first kappa shape index (κ1) is 23.9. The first-order valence-corrected chi connectivity index (χ1v) is 11.1. The molecule has 5 heteroatoms. The van der Waals surface area contributed by atoms with E-state index in [1.807, 2.05) is 56.3 Å². The molecule has 30 heavy (non-hydrogen) atoms. The third-order valence-electron chi connectivity index (χ3n) is 5.44. The van der Waals surface area contributed by atoms with Crippen LogP contribution in [0.2, 0.25) is 5.02 Å². The second kappa shape index (κ2) is 11.8. The minimum Gasteiger partial charge on any atom is -0.354 e. The van der Waals surface area contributed by atoms with Crippen LogP contribution in [-0.2, 0) is 22.6 Å². The molecule has 1 N–H and O–H groups in total. The van der Waals surface area contributed by atoms with E-state index in [9.17, 15) is 9.59 Å². The Kier molecular flexibility index (Phi) is 9.38. The van der Waals surface area contributed by atoms with Gasteiger partial charge < -0.3 is 10.2 Å². The van der Waals surface area contributed by atoms with Crippen molar-refractivity contribution in [2.45, 2.75) is 66.0 Å². The van der Waals surface area contributed by atoms with Crippen LogP contribution >= 0.6 is 11.6 Å². The topological polar surface area (TPSA) is 49.4 Å². The van der Waals surface area contributed by atoms with Gasteiger partial charge in [-0.25, -0.2) is 0 Å².